The lowest BCUT2D eigenvalue weighted by Crippen LogP contribution is -2.27. The van der Waals surface area contributed by atoms with Crippen LogP contribution in [-0.2, 0) is 4.79 Å². The van der Waals surface area contributed by atoms with E-state index in [4.69, 9.17) is 0 Å². The van der Waals surface area contributed by atoms with Crippen molar-refractivity contribution in [2.24, 2.45) is 5.41 Å². The summed E-state index contributed by atoms with van der Waals surface area (Å²) in [5.74, 6) is 0. The molecule has 0 amide bonds. The van der Waals surface area contributed by atoms with Gasteiger partial charge in [0.25, 0.3) is 0 Å². The van der Waals surface area contributed by atoms with Crippen LogP contribution >= 0.6 is 0 Å². The van der Waals surface area contributed by atoms with Gasteiger partial charge in [-0.1, -0.05) is 6.92 Å². The number of halogens is 1. The molecule has 0 spiro atoms. The molecule has 0 N–H and O–H groups in total. The molecular formula is C8H13FO. The molecule has 0 aromatic heterocycles. The summed E-state index contributed by atoms with van der Waals surface area (Å²) in [5.41, 5.74) is -0.363. The van der Waals surface area contributed by atoms with Gasteiger partial charge in [0.05, 0.1) is 0 Å². The van der Waals surface area contributed by atoms with Gasteiger partial charge in [-0.25, -0.2) is 4.39 Å². The molecular weight excluding hydrogens is 131 g/mol. The van der Waals surface area contributed by atoms with Gasteiger partial charge >= 0.3 is 0 Å². The normalized spacial score (nSPS) is 41.2. The zero-order chi connectivity index (χ0) is 7.61. The van der Waals surface area contributed by atoms with Crippen molar-refractivity contribution in [1.29, 1.82) is 0 Å². The fourth-order valence-corrected chi connectivity index (χ4v) is 1.54. The minimum atomic E-state index is -0.746. The number of alkyl halides is 1. The number of carbonyl (C=O) groups excluding carboxylic acids is 1. The molecule has 1 aliphatic rings. The molecule has 0 aromatic carbocycles. The third-order valence-corrected chi connectivity index (χ3v) is 2.24. The van der Waals surface area contributed by atoms with E-state index in [9.17, 15) is 9.18 Å². The highest BCUT2D eigenvalue weighted by atomic mass is 19.1. The Bertz CT molecular complexity index is 135. The van der Waals surface area contributed by atoms with Crippen molar-refractivity contribution in [3.63, 3.8) is 0 Å². The lowest BCUT2D eigenvalue weighted by atomic mass is 9.76. The monoisotopic (exact) mass is 144 g/mol. The molecule has 0 unspecified atom stereocenters. The SMILES string of the molecule is C[C@@]1(C=O)CCC[C@H](F)C1. The van der Waals surface area contributed by atoms with Crippen molar-refractivity contribution < 1.29 is 9.18 Å². The smallest absolute Gasteiger partial charge is 0.125 e. The Morgan fingerprint density at radius 1 is 1.70 bits per heavy atom. The van der Waals surface area contributed by atoms with Crippen LogP contribution in [-0.4, -0.2) is 12.5 Å². The average Bonchev–Trinajstić information content (AvgIpc) is 1.88. The fourth-order valence-electron chi connectivity index (χ4n) is 1.54. The van der Waals surface area contributed by atoms with Gasteiger partial charge in [0.1, 0.15) is 12.5 Å². The first kappa shape index (κ1) is 7.70. The van der Waals surface area contributed by atoms with Gasteiger partial charge in [0.15, 0.2) is 0 Å². The van der Waals surface area contributed by atoms with Crippen molar-refractivity contribution >= 4 is 6.29 Å². The van der Waals surface area contributed by atoms with Gasteiger partial charge in [-0.2, -0.15) is 0 Å². The number of rotatable bonds is 1. The van der Waals surface area contributed by atoms with Gasteiger partial charge in [-0.05, 0) is 25.7 Å². The van der Waals surface area contributed by atoms with E-state index in [0.29, 0.717) is 12.8 Å². The zero-order valence-electron chi connectivity index (χ0n) is 6.27. The summed E-state index contributed by atoms with van der Waals surface area (Å²) in [7, 11) is 0. The third-order valence-electron chi connectivity index (χ3n) is 2.24. The van der Waals surface area contributed by atoms with Crippen LogP contribution in [0.3, 0.4) is 0 Å². The summed E-state index contributed by atoms with van der Waals surface area (Å²) >= 11 is 0. The number of hydrogen-bond donors (Lipinski definition) is 0. The molecule has 1 fully saturated rings. The predicted molar refractivity (Wildman–Crippen MR) is 37.5 cm³/mol. The molecule has 1 aliphatic carbocycles. The van der Waals surface area contributed by atoms with E-state index in [1.165, 1.54) is 0 Å². The van der Waals surface area contributed by atoms with E-state index >= 15 is 0 Å². The number of carbonyl (C=O) groups is 1. The quantitative estimate of drug-likeness (QED) is 0.515. The van der Waals surface area contributed by atoms with Gasteiger partial charge in [-0.3, -0.25) is 0 Å². The summed E-state index contributed by atoms with van der Waals surface area (Å²) in [6.07, 6.45) is 2.94. The van der Waals surface area contributed by atoms with Crippen molar-refractivity contribution in [2.75, 3.05) is 0 Å². The van der Waals surface area contributed by atoms with Crippen molar-refractivity contribution in [1.82, 2.24) is 0 Å². The Kier molecular flexibility index (Phi) is 2.07. The molecule has 0 radical (unpaired) electrons. The molecule has 0 saturated heterocycles. The van der Waals surface area contributed by atoms with Crippen LogP contribution in [0.15, 0.2) is 0 Å². The van der Waals surface area contributed by atoms with Gasteiger partial charge in [-0.15, -0.1) is 0 Å². The summed E-state index contributed by atoms with van der Waals surface area (Å²) in [6.45, 7) is 1.84. The highest BCUT2D eigenvalue weighted by molar-refractivity contribution is 5.58. The lowest BCUT2D eigenvalue weighted by molar-refractivity contribution is -0.118. The van der Waals surface area contributed by atoms with E-state index in [-0.39, 0.29) is 5.41 Å². The topological polar surface area (TPSA) is 17.1 Å². The van der Waals surface area contributed by atoms with E-state index in [0.717, 1.165) is 19.1 Å². The van der Waals surface area contributed by atoms with Crippen LogP contribution < -0.4 is 0 Å². The van der Waals surface area contributed by atoms with E-state index in [1.54, 1.807) is 0 Å². The second-order valence-electron chi connectivity index (χ2n) is 3.47. The lowest BCUT2D eigenvalue weighted by Gasteiger charge is -2.29. The Hall–Kier alpha value is -0.400. The summed E-state index contributed by atoms with van der Waals surface area (Å²) in [6, 6.07) is 0. The number of hydrogen-bond acceptors (Lipinski definition) is 1. The maximum Gasteiger partial charge on any atom is 0.125 e. The fraction of sp³-hybridized carbons (Fsp3) is 0.875. The summed E-state index contributed by atoms with van der Waals surface area (Å²) in [4.78, 5) is 10.5. The first-order valence-corrected chi connectivity index (χ1v) is 3.77. The van der Waals surface area contributed by atoms with E-state index in [1.807, 2.05) is 6.92 Å². The van der Waals surface area contributed by atoms with Gasteiger partial charge < -0.3 is 4.79 Å². The van der Waals surface area contributed by atoms with Crippen LogP contribution in [0.25, 0.3) is 0 Å². The molecule has 0 heterocycles. The highest BCUT2D eigenvalue weighted by Crippen LogP contribution is 2.35. The first-order valence-electron chi connectivity index (χ1n) is 3.77. The van der Waals surface area contributed by atoms with Crippen LogP contribution in [0, 0.1) is 5.41 Å². The van der Waals surface area contributed by atoms with Crippen LogP contribution in [0.2, 0.25) is 0 Å². The first-order chi connectivity index (χ1) is 4.66. The minimum Gasteiger partial charge on any atom is -0.303 e. The van der Waals surface area contributed by atoms with Crippen molar-refractivity contribution in [2.45, 2.75) is 38.8 Å². The Morgan fingerprint density at radius 3 is 2.80 bits per heavy atom. The van der Waals surface area contributed by atoms with Gasteiger partial charge in [0, 0.05) is 5.41 Å². The van der Waals surface area contributed by atoms with Crippen molar-refractivity contribution in [3.8, 4) is 0 Å². The molecule has 1 saturated carbocycles. The molecule has 10 heavy (non-hydrogen) atoms. The summed E-state index contributed by atoms with van der Waals surface area (Å²) < 4.78 is 12.7. The van der Waals surface area contributed by atoms with Crippen LogP contribution in [0.5, 0.6) is 0 Å². The predicted octanol–water partition coefficient (Wildman–Crippen LogP) is 2.10. The standard InChI is InChI=1S/C8H13FO/c1-8(6-10)4-2-3-7(9)5-8/h6-7H,2-5H2,1H3/t7-,8+/m0/s1. The Balaban J connectivity index is 2.53. The Morgan fingerprint density at radius 2 is 2.40 bits per heavy atom. The van der Waals surface area contributed by atoms with E-state index in [2.05, 4.69) is 0 Å². The highest BCUT2D eigenvalue weighted by Gasteiger charge is 2.31. The molecule has 1 rings (SSSR count). The Labute approximate surface area is 60.6 Å². The molecule has 1 nitrogen and oxygen atoms in total. The zero-order valence-corrected chi connectivity index (χ0v) is 6.27. The minimum absolute atomic E-state index is 0.363. The molecule has 0 aliphatic heterocycles. The van der Waals surface area contributed by atoms with Crippen LogP contribution in [0.4, 0.5) is 4.39 Å². The average molecular weight is 144 g/mol. The maximum atomic E-state index is 12.7. The molecule has 0 bridgehead atoms. The largest absolute Gasteiger partial charge is 0.303 e. The molecule has 0 aromatic rings. The maximum absolute atomic E-state index is 12.7. The third kappa shape index (κ3) is 1.55. The van der Waals surface area contributed by atoms with E-state index < -0.39 is 6.17 Å². The second kappa shape index (κ2) is 2.69. The molecule has 2 heteroatoms. The van der Waals surface area contributed by atoms with Gasteiger partial charge in [0.2, 0.25) is 0 Å². The molecule has 58 valence electrons. The number of aldehydes is 1. The second-order valence-corrected chi connectivity index (χ2v) is 3.47. The van der Waals surface area contributed by atoms with Crippen molar-refractivity contribution in [3.05, 3.63) is 0 Å². The summed E-state index contributed by atoms with van der Waals surface area (Å²) in [5, 5.41) is 0. The van der Waals surface area contributed by atoms with Crippen LogP contribution in [0.1, 0.15) is 32.6 Å². The molecule has 2 atom stereocenters.